The molecule has 0 aromatic heterocycles. The molecule has 2 aliphatic rings. The van der Waals surface area contributed by atoms with Gasteiger partial charge in [-0.15, -0.1) is 0 Å². The molecule has 1 aliphatic heterocycles. The fraction of sp³-hybridized carbons (Fsp3) is 0.588. The molecule has 1 aromatic rings. The second-order valence-corrected chi connectivity index (χ2v) is 6.21. The van der Waals surface area contributed by atoms with Gasteiger partial charge in [-0.2, -0.15) is 0 Å². The summed E-state index contributed by atoms with van der Waals surface area (Å²) in [5, 5.41) is 3.53. The topological polar surface area (TPSA) is 36.9 Å². The number of hydrogen-bond acceptors (Lipinski definition) is 2. The summed E-state index contributed by atoms with van der Waals surface area (Å²) in [6, 6.07) is 7.14. The first-order valence-corrected chi connectivity index (χ1v) is 8.05. The molecule has 2 unspecified atom stereocenters. The standard InChI is InChI=1S/C17H24FN3O/c1-12-10-21(17(19-2)20-15-4-3-5-15)11-16(22-12)13-6-8-14(18)9-7-13/h6-9,12,15-16H,3-5,10-11H2,1-2H3,(H,19,20). The zero-order valence-corrected chi connectivity index (χ0v) is 13.3. The minimum Gasteiger partial charge on any atom is -0.367 e. The van der Waals surface area contributed by atoms with Gasteiger partial charge in [0.1, 0.15) is 11.9 Å². The van der Waals surface area contributed by atoms with E-state index in [1.165, 1.54) is 31.4 Å². The summed E-state index contributed by atoms with van der Waals surface area (Å²) in [6.07, 6.45) is 3.81. The van der Waals surface area contributed by atoms with Crippen molar-refractivity contribution in [3.8, 4) is 0 Å². The Labute approximate surface area is 131 Å². The fourth-order valence-corrected chi connectivity index (χ4v) is 3.02. The molecule has 0 radical (unpaired) electrons. The maximum absolute atomic E-state index is 13.1. The molecule has 120 valence electrons. The first kappa shape index (κ1) is 15.3. The third kappa shape index (κ3) is 3.40. The normalized spacial score (nSPS) is 26.7. The van der Waals surface area contributed by atoms with Crippen LogP contribution in [-0.2, 0) is 4.74 Å². The van der Waals surface area contributed by atoms with Crippen molar-refractivity contribution in [2.45, 2.75) is 44.4 Å². The van der Waals surface area contributed by atoms with E-state index >= 15 is 0 Å². The Kier molecular flexibility index (Phi) is 4.62. The molecule has 2 atom stereocenters. The van der Waals surface area contributed by atoms with Gasteiger partial charge >= 0.3 is 0 Å². The quantitative estimate of drug-likeness (QED) is 0.674. The Bertz CT molecular complexity index is 527. The Hall–Kier alpha value is -1.62. The van der Waals surface area contributed by atoms with Crippen molar-refractivity contribution in [1.29, 1.82) is 0 Å². The molecule has 1 aliphatic carbocycles. The number of morpholine rings is 1. The van der Waals surface area contributed by atoms with Crippen LogP contribution in [0.25, 0.3) is 0 Å². The van der Waals surface area contributed by atoms with E-state index in [1.807, 2.05) is 7.05 Å². The Morgan fingerprint density at radius 2 is 2.00 bits per heavy atom. The lowest BCUT2D eigenvalue weighted by Gasteiger charge is -2.40. The molecule has 3 rings (SSSR count). The van der Waals surface area contributed by atoms with Crippen LogP contribution >= 0.6 is 0 Å². The molecule has 1 aromatic carbocycles. The van der Waals surface area contributed by atoms with Crippen LogP contribution in [0, 0.1) is 5.82 Å². The summed E-state index contributed by atoms with van der Waals surface area (Å²) in [7, 11) is 1.83. The number of aliphatic imine (C=N–C) groups is 1. The van der Waals surface area contributed by atoms with Crippen LogP contribution in [0.2, 0.25) is 0 Å². The molecular formula is C17H24FN3O. The maximum atomic E-state index is 13.1. The van der Waals surface area contributed by atoms with Crippen LogP contribution in [-0.4, -0.2) is 43.1 Å². The zero-order valence-electron chi connectivity index (χ0n) is 13.3. The largest absolute Gasteiger partial charge is 0.367 e. The molecule has 1 heterocycles. The number of nitrogens with zero attached hydrogens (tertiary/aromatic N) is 2. The Morgan fingerprint density at radius 3 is 2.59 bits per heavy atom. The van der Waals surface area contributed by atoms with E-state index < -0.39 is 0 Å². The van der Waals surface area contributed by atoms with Crippen LogP contribution in [0.3, 0.4) is 0 Å². The highest BCUT2D eigenvalue weighted by molar-refractivity contribution is 5.80. The van der Waals surface area contributed by atoms with Gasteiger partial charge in [0, 0.05) is 19.6 Å². The van der Waals surface area contributed by atoms with E-state index in [4.69, 9.17) is 4.74 Å². The van der Waals surface area contributed by atoms with Gasteiger partial charge in [0.25, 0.3) is 0 Å². The number of guanidine groups is 1. The van der Waals surface area contributed by atoms with E-state index in [0.29, 0.717) is 6.04 Å². The smallest absolute Gasteiger partial charge is 0.194 e. The van der Waals surface area contributed by atoms with Crippen molar-refractivity contribution in [3.63, 3.8) is 0 Å². The lowest BCUT2D eigenvalue weighted by Crippen LogP contribution is -2.54. The number of rotatable bonds is 2. The molecular weight excluding hydrogens is 281 g/mol. The lowest BCUT2D eigenvalue weighted by atomic mass is 9.93. The van der Waals surface area contributed by atoms with Crippen LogP contribution in [0.5, 0.6) is 0 Å². The van der Waals surface area contributed by atoms with Gasteiger partial charge in [-0.25, -0.2) is 4.39 Å². The SMILES string of the molecule is CN=C(NC1CCC1)N1CC(C)OC(c2ccc(F)cc2)C1. The third-order valence-electron chi connectivity index (χ3n) is 4.45. The summed E-state index contributed by atoms with van der Waals surface area (Å²) in [4.78, 5) is 6.68. The number of ether oxygens (including phenoxy) is 1. The molecule has 1 saturated heterocycles. The fourth-order valence-electron chi connectivity index (χ4n) is 3.02. The monoisotopic (exact) mass is 305 g/mol. The zero-order chi connectivity index (χ0) is 15.5. The Balaban J connectivity index is 1.70. The van der Waals surface area contributed by atoms with Gasteiger partial charge in [0.2, 0.25) is 0 Å². The van der Waals surface area contributed by atoms with E-state index in [-0.39, 0.29) is 18.0 Å². The van der Waals surface area contributed by atoms with E-state index in [2.05, 4.69) is 22.1 Å². The van der Waals surface area contributed by atoms with Crippen LogP contribution in [0.4, 0.5) is 4.39 Å². The van der Waals surface area contributed by atoms with Crippen molar-refractivity contribution in [3.05, 3.63) is 35.6 Å². The van der Waals surface area contributed by atoms with E-state index in [1.54, 1.807) is 12.1 Å². The minimum absolute atomic E-state index is 0.0516. The van der Waals surface area contributed by atoms with Crippen LogP contribution in [0.15, 0.2) is 29.3 Å². The van der Waals surface area contributed by atoms with Crippen molar-refractivity contribution in [2.24, 2.45) is 4.99 Å². The first-order valence-electron chi connectivity index (χ1n) is 8.05. The van der Waals surface area contributed by atoms with Gasteiger partial charge in [-0.3, -0.25) is 4.99 Å². The predicted molar refractivity (Wildman–Crippen MR) is 85.4 cm³/mol. The van der Waals surface area contributed by atoms with E-state index in [9.17, 15) is 4.39 Å². The molecule has 1 N–H and O–H groups in total. The van der Waals surface area contributed by atoms with Gasteiger partial charge in [0.05, 0.1) is 12.6 Å². The highest BCUT2D eigenvalue weighted by Crippen LogP contribution is 2.26. The molecule has 0 spiro atoms. The molecule has 5 heteroatoms. The van der Waals surface area contributed by atoms with Gasteiger partial charge < -0.3 is 15.0 Å². The summed E-state index contributed by atoms with van der Waals surface area (Å²) in [5.41, 5.74) is 1.01. The number of halogens is 1. The average Bonchev–Trinajstić information content (AvgIpc) is 2.46. The Morgan fingerprint density at radius 1 is 1.27 bits per heavy atom. The lowest BCUT2D eigenvalue weighted by molar-refractivity contribution is -0.0607. The van der Waals surface area contributed by atoms with Gasteiger partial charge in [-0.1, -0.05) is 12.1 Å². The van der Waals surface area contributed by atoms with Crippen molar-refractivity contribution in [1.82, 2.24) is 10.2 Å². The second kappa shape index (κ2) is 6.65. The van der Waals surface area contributed by atoms with E-state index in [0.717, 1.165) is 24.6 Å². The molecule has 2 fully saturated rings. The average molecular weight is 305 g/mol. The van der Waals surface area contributed by atoms with Crippen molar-refractivity contribution in [2.75, 3.05) is 20.1 Å². The molecule has 22 heavy (non-hydrogen) atoms. The van der Waals surface area contributed by atoms with Gasteiger partial charge in [0.15, 0.2) is 5.96 Å². The van der Waals surface area contributed by atoms with Crippen molar-refractivity contribution >= 4 is 5.96 Å². The van der Waals surface area contributed by atoms with Crippen LogP contribution < -0.4 is 5.32 Å². The molecule has 4 nitrogen and oxygen atoms in total. The number of benzene rings is 1. The molecule has 0 amide bonds. The maximum Gasteiger partial charge on any atom is 0.194 e. The summed E-state index contributed by atoms with van der Waals surface area (Å²) in [6.45, 7) is 3.63. The van der Waals surface area contributed by atoms with Gasteiger partial charge in [-0.05, 0) is 43.9 Å². The highest BCUT2D eigenvalue weighted by atomic mass is 19.1. The highest BCUT2D eigenvalue weighted by Gasteiger charge is 2.30. The summed E-state index contributed by atoms with van der Waals surface area (Å²) < 4.78 is 19.1. The van der Waals surface area contributed by atoms with Crippen molar-refractivity contribution < 1.29 is 9.13 Å². The summed E-state index contributed by atoms with van der Waals surface area (Å²) in [5.74, 6) is 0.735. The predicted octanol–water partition coefficient (Wildman–Crippen LogP) is 2.72. The first-order chi connectivity index (χ1) is 10.7. The minimum atomic E-state index is -0.216. The van der Waals surface area contributed by atoms with Crippen LogP contribution in [0.1, 0.15) is 37.9 Å². The third-order valence-corrected chi connectivity index (χ3v) is 4.45. The summed E-state index contributed by atoms with van der Waals surface area (Å²) >= 11 is 0. The number of nitrogens with one attached hydrogen (secondary N) is 1. The molecule has 0 bridgehead atoms. The number of hydrogen-bond donors (Lipinski definition) is 1. The molecule has 1 saturated carbocycles. The second-order valence-electron chi connectivity index (χ2n) is 6.21.